The summed E-state index contributed by atoms with van der Waals surface area (Å²) in [7, 11) is -2.96. The van der Waals surface area contributed by atoms with Gasteiger partial charge in [0.05, 0.1) is 11.4 Å². The summed E-state index contributed by atoms with van der Waals surface area (Å²) in [5.74, 6) is 0.159. The molecular formula is C15H24O3S2. The molecule has 20 heavy (non-hydrogen) atoms. The smallest absolute Gasteiger partial charge is 0.150 e. The molecule has 0 aromatic carbocycles. The van der Waals surface area contributed by atoms with Crippen LogP contribution >= 0.6 is 11.3 Å². The fraction of sp³-hybridized carbons (Fsp3) is 0.733. The predicted molar refractivity (Wildman–Crippen MR) is 83.9 cm³/mol. The molecule has 0 amide bonds. The van der Waals surface area contributed by atoms with Gasteiger partial charge in [-0.1, -0.05) is 12.5 Å². The minimum absolute atomic E-state index is 0.159. The SMILES string of the molecule is CS(=O)(=O)C1CCCC(C(O)CCCc2cccs2)C1. The summed E-state index contributed by atoms with van der Waals surface area (Å²) < 4.78 is 23.3. The molecule has 1 aromatic rings. The topological polar surface area (TPSA) is 54.4 Å². The Bertz CT molecular complexity index is 493. The maximum atomic E-state index is 11.6. The standard InChI is InChI=1S/C15H24O3S2/c1-20(17,18)14-8-2-5-12(11-14)15(16)9-3-6-13-7-4-10-19-13/h4,7,10,12,14-16H,2-3,5-6,8-9,11H2,1H3. The van der Waals surface area contributed by atoms with Gasteiger partial charge in [-0.15, -0.1) is 11.3 Å². The first-order chi connectivity index (χ1) is 9.47. The monoisotopic (exact) mass is 316 g/mol. The van der Waals surface area contributed by atoms with E-state index in [-0.39, 0.29) is 17.3 Å². The normalized spacial score (nSPS) is 25.5. The first kappa shape index (κ1) is 16.0. The molecule has 0 saturated heterocycles. The molecular weight excluding hydrogens is 292 g/mol. The Labute approximate surface area is 125 Å². The molecule has 1 saturated carbocycles. The summed E-state index contributed by atoms with van der Waals surface area (Å²) in [6.45, 7) is 0. The van der Waals surface area contributed by atoms with Crippen molar-refractivity contribution < 1.29 is 13.5 Å². The summed E-state index contributed by atoms with van der Waals surface area (Å²) >= 11 is 1.75. The minimum atomic E-state index is -2.96. The van der Waals surface area contributed by atoms with Crippen molar-refractivity contribution in [1.29, 1.82) is 0 Å². The van der Waals surface area contributed by atoms with E-state index in [4.69, 9.17) is 0 Å². The van der Waals surface area contributed by atoms with Crippen molar-refractivity contribution in [3.63, 3.8) is 0 Å². The number of aliphatic hydroxyl groups excluding tert-OH is 1. The van der Waals surface area contributed by atoms with Crippen LogP contribution in [0.5, 0.6) is 0 Å². The molecule has 3 nitrogen and oxygen atoms in total. The molecule has 1 fully saturated rings. The predicted octanol–water partition coefficient (Wildman–Crippen LogP) is 3.04. The molecule has 0 bridgehead atoms. The van der Waals surface area contributed by atoms with Gasteiger partial charge in [0, 0.05) is 11.1 Å². The van der Waals surface area contributed by atoms with E-state index >= 15 is 0 Å². The first-order valence-electron chi connectivity index (χ1n) is 7.36. The zero-order valence-electron chi connectivity index (χ0n) is 12.0. The van der Waals surface area contributed by atoms with E-state index in [0.717, 1.165) is 38.5 Å². The summed E-state index contributed by atoms with van der Waals surface area (Å²) in [4.78, 5) is 1.36. The van der Waals surface area contributed by atoms with Crippen molar-refractivity contribution in [1.82, 2.24) is 0 Å². The van der Waals surface area contributed by atoms with Gasteiger partial charge >= 0.3 is 0 Å². The van der Waals surface area contributed by atoms with Crippen molar-refractivity contribution in [3.8, 4) is 0 Å². The quantitative estimate of drug-likeness (QED) is 0.877. The second-order valence-corrected chi connectivity index (χ2v) is 9.28. The van der Waals surface area contributed by atoms with Gasteiger partial charge in [-0.25, -0.2) is 8.42 Å². The summed E-state index contributed by atoms with van der Waals surface area (Å²) in [5, 5.41) is 12.1. The number of sulfone groups is 1. The average molecular weight is 316 g/mol. The zero-order chi connectivity index (χ0) is 14.6. The fourth-order valence-corrected chi connectivity index (χ4v) is 5.04. The highest BCUT2D eigenvalue weighted by Gasteiger charge is 2.32. The molecule has 3 atom stereocenters. The lowest BCUT2D eigenvalue weighted by Gasteiger charge is -2.31. The number of aryl methyl sites for hydroxylation is 1. The maximum Gasteiger partial charge on any atom is 0.150 e. The average Bonchev–Trinajstić information content (AvgIpc) is 2.91. The molecule has 0 aliphatic heterocycles. The van der Waals surface area contributed by atoms with E-state index in [9.17, 15) is 13.5 Å². The number of thiophene rings is 1. The highest BCUT2D eigenvalue weighted by molar-refractivity contribution is 7.91. The molecule has 0 spiro atoms. The first-order valence-corrected chi connectivity index (χ1v) is 10.2. The molecule has 1 heterocycles. The Balaban J connectivity index is 1.78. The lowest BCUT2D eigenvalue weighted by atomic mass is 9.83. The van der Waals surface area contributed by atoms with Crippen LogP contribution in [0.1, 0.15) is 43.4 Å². The second kappa shape index (κ2) is 7.05. The van der Waals surface area contributed by atoms with Gasteiger partial charge in [-0.2, -0.15) is 0 Å². The van der Waals surface area contributed by atoms with Gasteiger partial charge in [0.15, 0.2) is 0 Å². The van der Waals surface area contributed by atoms with Gasteiger partial charge < -0.3 is 5.11 Å². The summed E-state index contributed by atoms with van der Waals surface area (Å²) in [5.41, 5.74) is 0. The summed E-state index contributed by atoms with van der Waals surface area (Å²) in [6, 6.07) is 4.17. The van der Waals surface area contributed by atoms with Crippen LogP contribution in [0.4, 0.5) is 0 Å². The Morgan fingerprint density at radius 2 is 2.25 bits per heavy atom. The van der Waals surface area contributed by atoms with E-state index in [1.807, 2.05) is 6.07 Å². The number of aliphatic hydroxyl groups is 1. The third-order valence-electron chi connectivity index (χ3n) is 4.32. The van der Waals surface area contributed by atoms with Crippen molar-refractivity contribution in [3.05, 3.63) is 22.4 Å². The van der Waals surface area contributed by atoms with Gasteiger partial charge in [0.1, 0.15) is 9.84 Å². The number of rotatable bonds is 6. The number of hydrogen-bond acceptors (Lipinski definition) is 4. The third kappa shape index (κ3) is 4.57. The number of hydrogen-bond donors (Lipinski definition) is 1. The van der Waals surface area contributed by atoms with Crippen LogP contribution in [-0.4, -0.2) is 31.1 Å². The van der Waals surface area contributed by atoms with Crippen molar-refractivity contribution in [2.45, 2.75) is 56.3 Å². The van der Waals surface area contributed by atoms with E-state index in [1.54, 1.807) is 11.3 Å². The molecule has 114 valence electrons. The third-order valence-corrected chi connectivity index (χ3v) is 6.89. The van der Waals surface area contributed by atoms with Gasteiger partial charge in [-0.05, 0) is 55.9 Å². The molecule has 1 aliphatic carbocycles. The summed E-state index contributed by atoms with van der Waals surface area (Å²) in [6.07, 6.45) is 7.02. The molecule has 0 radical (unpaired) electrons. The molecule has 3 unspecified atom stereocenters. The van der Waals surface area contributed by atoms with Gasteiger partial charge in [0.2, 0.25) is 0 Å². The van der Waals surface area contributed by atoms with E-state index in [2.05, 4.69) is 11.4 Å². The highest BCUT2D eigenvalue weighted by atomic mass is 32.2. The van der Waals surface area contributed by atoms with Gasteiger partial charge in [-0.3, -0.25) is 0 Å². The lowest BCUT2D eigenvalue weighted by Crippen LogP contribution is -2.33. The van der Waals surface area contributed by atoms with Crippen molar-refractivity contribution in [2.75, 3.05) is 6.26 Å². The lowest BCUT2D eigenvalue weighted by molar-refractivity contribution is 0.0764. The minimum Gasteiger partial charge on any atom is -0.393 e. The van der Waals surface area contributed by atoms with E-state index in [0.29, 0.717) is 6.42 Å². The van der Waals surface area contributed by atoms with Crippen LogP contribution in [0.25, 0.3) is 0 Å². The second-order valence-electron chi connectivity index (χ2n) is 5.92. The van der Waals surface area contributed by atoms with Gasteiger partial charge in [0.25, 0.3) is 0 Å². The van der Waals surface area contributed by atoms with Crippen LogP contribution in [0.15, 0.2) is 17.5 Å². The van der Waals surface area contributed by atoms with Crippen molar-refractivity contribution in [2.24, 2.45) is 5.92 Å². The Hall–Kier alpha value is -0.390. The van der Waals surface area contributed by atoms with E-state index < -0.39 is 9.84 Å². The zero-order valence-corrected chi connectivity index (χ0v) is 13.6. The van der Waals surface area contributed by atoms with Crippen molar-refractivity contribution >= 4 is 21.2 Å². The van der Waals surface area contributed by atoms with E-state index in [1.165, 1.54) is 11.1 Å². The fourth-order valence-electron chi connectivity index (χ4n) is 3.10. The Kier molecular flexibility index (Phi) is 5.64. The molecule has 1 aromatic heterocycles. The molecule has 2 rings (SSSR count). The van der Waals surface area contributed by atoms with Crippen LogP contribution in [0.3, 0.4) is 0 Å². The van der Waals surface area contributed by atoms with Crippen LogP contribution in [0.2, 0.25) is 0 Å². The van der Waals surface area contributed by atoms with Crippen LogP contribution in [-0.2, 0) is 16.3 Å². The maximum absolute atomic E-state index is 11.6. The molecule has 1 aliphatic rings. The van der Waals surface area contributed by atoms with Crippen LogP contribution < -0.4 is 0 Å². The molecule has 1 N–H and O–H groups in total. The Morgan fingerprint density at radius 3 is 2.90 bits per heavy atom. The van der Waals surface area contributed by atoms with Crippen LogP contribution in [0, 0.1) is 5.92 Å². The molecule has 5 heteroatoms. The Morgan fingerprint density at radius 1 is 1.45 bits per heavy atom. The highest BCUT2D eigenvalue weighted by Crippen LogP contribution is 2.32. The largest absolute Gasteiger partial charge is 0.393 e.